The third-order valence-corrected chi connectivity index (χ3v) is 2.89. The van der Waals surface area contributed by atoms with E-state index >= 15 is 0 Å². The van der Waals surface area contributed by atoms with Crippen molar-refractivity contribution in [2.24, 2.45) is 5.92 Å². The van der Waals surface area contributed by atoms with E-state index in [1.54, 1.807) is 0 Å². The summed E-state index contributed by atoms with van der Waals surface area (Å²) in [5.41, 5.74) is 1.32. The van der Waals surface area contributed by atoms with Gasteiger partial charge in [0.1, 0.15) is 5.82 Å². The number of pyridine rings is 1. The normalized spacial score (nSPS) is 10.9. The first-order valence-electron chi connectivity index (χ1n) is 7.08. The second kappa shape index (κ2) is 8.09. The number of nitrogens with one attached hydrogen (secondary N) is 1. The van der Waals surface area contributed by atoms with Gasteiger partial charge in [0.2, 0.25) is 0 Å². The van der Waals surface area contributed by atoms with Gasteiger partial charge in [0.25, 0.3) is 0 Å². The third-order valence-electron chi connectivity index (χ3n) is 2.89. The standard InChI is InChI=1S/C15H27N3/c1-5-9-18(6-2)15-10-14(7-8-17-15)12-16-11-13(3)4/h7-8,10,13,16H,5-6,9,11-12H2,1-4H3. The second-order valence-corrected chi connectivity index (χ2v) is 5.13. The molecule has 0 unspecified atom stereocenters. The van der Waals surface area contributed by atoms with Gasteiger partial charge < -0.3 is 10.2 Å². The maximum atomic E-state index is 4.47. The Bertz CT molecular complexity index is 336. The fourth-order valence-corrected chi connectivity index (χ4v) is 1.95. The van der Waals surface area contributed by atoms with Crippen LogP contribution >= 0.6 is 0 Å². The first-order chi connectivity index (χ1) is 8.67. The molecule has 1 aromatic heterocycles. The number of aromatic nitrogens is 1. The summed E-state index contributed by atoms with van der Waals surface area (Å²) < 4.78 is 0. The summed E-state index contributed by atoms with van der Waals surface area (Å²) in [6.07, 6.45) is 3.07. The average molecular weight is 249 g/mol. The molecule has 0 aliphatic carbocycles. The lowest BCUT2D eigenvalue weighted by atomic mass is 10.2. The molecule has 1 N–H and O–H groups in total. The van der Waals surface area contributed by atoms with Crippen LogP contribution in [0.3, 0.4) is 0 Å². The van der Waals surface area contributed by atoms with Gasteiger partial charge >= 0.3 is 0 Å². The summed E-state index contributed by atoms with van der Waals surface area (Å²) in [5, 5.41) is 3.47. The van der Waals surface area contributed by atoms with Crippen LogP contribution in [0, 0.1) is 5.92 Å². The molecule has 1 aromatic rings. The molecule has 1 rings (SSSR count). The minimum atomic E-state index is 0.693. The van der Waals surface area contributed by atoms with Gasteiger partial charge in [0.15, 0.2) is 0 Å². The van der Waals surface area contributed by atoms with Crippen molar-refractivity contribution in [1.82, 2.24) is 10.3 Å². The fourth-order valence-electron chi connectivity index (χ4n) is 1.95. The molecule has 3 heteroatoms. The van der Waals surface area contributed by atoms with E-state index < -0.39 is 0 Å². The molecular formula is C15H27N3. The van der Waals surface area contributed by atoms with Crippen LogP contribution in [0.1, 0.15) is 39.7 Å². The lowest BCUT2D eigenvalue weighted by Gasteiger charge is -2.21. The van der Waals surface area contributed by atoms with E-state index in [2.05, 4.69) is 55.0 Å². The molecule has 0 aliphatic rings. The maximum absolute atomic E-state index is 4.47. The van der Waals surface area contributed by atoms with Gasteiger partial charge in [-0.25, -0.2) is 4.98 Å². The molecule has 0 saturated carbocycles. The Labute approximate surface area is 112 Å². The Morgan fingerprint density at radius 2 is 2.11 bits per heavy atom. The second-order valence-electron chi connectivity index (χ2n) is 5.13. The van der Waals surface area contributed by atoms with Crippen LogP contribution in [-0.2, 0) is 6.54 Å². The third kappa shape index (κ3) is 5.05. The summed E-state index contributed by atoms with van der Waals surface area (Å²) in [6, 6.07) is 4.29. The van der Waals surface area contributed by atoms with Crippen molar-refractivity contribution >= 4 is 5.82 Å². The zero-order chi connectivity index (χ0) is 13.4. The minimum absolute atomic E-state index is 0.693. The summed E-state index contributed by atoms with van der Waals surface area (Å²) in [6.45, 7) is 12.9. The topological polar surface area (TPSA) is 28.2 Å². The molecule has 0 saturated heterocycles. The summed E-state index contributed by atoms with van der Waals surface area (Å²) >= 11 is 0. The molecule has 0 amide bonds. The SMILES string of the molecule is CCCN(CC)c1cc(CNCC(C)C)ccn1. The Morgan fingerprint density at radius 3 is 2.72 bits per heavy atom. The number of anilines is 1. The highest BCUT2D eigenvalue weighted by atomic mass is 15.2. The van der Waals surface area contributed by atoms with Crippen LogP contribution in [0.15, 0.2) is 18.3 Å². The average Bonchev–Trinajstić information content (AvgIpc) is 2.36. The molecular weight excluding hydrogens is 222 g/mol. The fraction of sp³-hybridized carbons (Fsp3) is 0.667. The summed E-state index contributed by atoms with van der Waals surface area (Å²) in [7, 11) is 0. The highest BCUT2D eigenvalue weighted by Gasteiger charge is 2.05. The van der Waals surface area contributed by atoms with Crippen LogP contribution in [0.4, 0.5) is 5.82 Å². The zero-order valence-electron chi connectivity index (χ0n) is 12.2. The van der Waals surface area contributed by atoms with Crippen molar-refractivity contribution in [2.75, 3.05) is 24.5 Å². The highest BCUT2D eigenvalue weighted by Crippen LogP contribution is 2.13. The number of hydrogen-bond donors (Lipinski definition) is 1. The van der Waals surface area contributed by atoms with Crippen LogP contribution in [0.5, 0.6) is 0 Å². The van der Waals surface area contributed by atoms with Crippen LogP contribution < -0.4 is 10.2 Å². The molecule has 0 bridgehead atoms. The molecule has 0 spiro atoms. The lowest BCUT2D eigenvalue weighted by Crippen LogP contribution is -2.25. The molecule has 0 aliphatic heterocycles. The van der Waals surface area contributed by atoms with Crippen molar-refractivity contribution in [3.05, 3.63) is 23.9 Å². The van der Waals surface area contributed by atoms with Crippen molar-refractivity contribution in [3.63, 3.8) is 0 Å². The molecule has 102 valence electrons. The Balaban J connectivity index is 2.60. The summed E-state index contributed by atoms with van der Waals surface area (Å²) in [5.74, 6) is 1.79. The number of hydrogen-bond acceptors (Lipinski definition) is 3. The monoisotopic (exact) mass is 249 g/mol. The predicted molar refractivity (Wildman–Crippen MR) is 79.0 cm³/mol. The molecule has 0 fully saturated rings. The minimum Gasteiger partial charge on any atom is -0.357 e. The Kier molecular flexibility index (Phi) is 6.73. The predicted octanol–water partition coefficient (Wildman–Crippen LogP) is 3.06. The number of nitrogens with zero attached hydrogens (tertiary/aromatic N) is 2. The van der Waals surface area contributed by atoms with Crippen LogP contribution in [0.2, 0.25) is 0 Å². The van der Waals surface area contributed by atoms with Crippen molar-refractivity contribution < 1.29 is 0 Å². The van der Waals surface area contributed by atoms with Crippen LogP contribution in [0.25, 0.3) is 0 Å². The quantitative estimate of drug-likeness (QED) is 0.767. The van der Waals surface area contributed by atoms with Crippen LogP contribution in [-0.4, -0.2) is 24.6 Å². The van der Waals surface area contributed by atoms with Gasteiger partial charge in [-0.3, -0.25) is 0 Å². The van der Waals surface area contributed by atoms with E-state index in [4.69, 9.17) is 0 Å². The largest absolute Gasteiger partial charge is 0.357 e. The van der Waals surface area contributed by atoms with E-state index in [0.717, 1.165) is 38.4 Å². The van der Waals surface area contributed by atoms with E-state index in [1.165, 1.54) is 5.56 Å². The van der Waals surface area contributed by atoms with Gasteiger partial charge in [0, 0.05) is 25.8 Å². The Morgan fingerprint density at radius 1 is 1.33 bits per heavy atom. The van der Waals surface area contributed by atoms with Crippen molar-refractivity contribution in [3.8, 4) is 0 Å². The molecule has 0 aromatic carbocycles. The zero-order valence-corrected chi connectivity index (χ0v) is 12.2. The smallest absolute Gasteiger partial charge is 0.128 e. The lowest BCUT2D eigenvalue weighted by molar-refractivity contribution is 0.552. The van der Waals surface area contributed by atoms with E-state index in [9.17, 15) is 0 Å². The summed E-state index contributed by atoms with van der Waals surface area (Å²) in [4.78, 5) is 6.80. The highest BCUT2D eigenvalue weighted by molar-refractivity contribution is 5.40. The van der Waals surface area contributed by atoms with Gasteiger partial charge in [-0.2, -0.15) is 0 Å². The molecule has 18 heavy (non-hydrogen) atoms. The van der Waals surface area contributed by atoms with Gasteiger partial charge in [-0.15, -0.1) is 0 Å². The van der Waals surface area contributed by atoms with Gasteiger partial charge in [-0.1, -0.05) is 20.8 Å². The maximum Gasteiger partial charge on any atom is 0.128 e. The molecule has 3 nitrogen and oxygen atoms in total. The molecule has 0 radical (unpaired) electrons. The molecule has 1 heterocycles. The Hall–Kier alpha value is -1.09. The van der Waals surface area contributed by atoms with Crippen molar-refractivity contribution in [2.45, 2.75) is 40.7 Å². The van der Waals surface area contributed by atoms with Gasteiger partial charge in [-0.05, 0) is 43.5 Å². The first kappa shape index (κ1) is 15.0. The van der Waals surface area contributed by atoms with Gasteiger partial charge in [0.05, 0.1) is 0 Å². The van der Waals surface area contributed by atoms with Crippen molar-refractivity contribution in [1.29, 1.82) is 0 Å². The molecule has 0 atom stereocenters. The number of rotatable bonds is 8. The van der Waals surface area contributed by atoms with E-state index in [0.29, 0.717) is 5.92 Å². The van der Waals surface area contributed by atoms with E-state index in [1.807, 2.05) is 6.20 Å². The first-order valence-corrected chi connectivity index (χ1v) is 7.08. The van der Waals surface area contributed by atoms with E-state index in [-0.39, 0.29) is 0 Å².